The molecule has 0 aliphatic carbocycles. The summed E-state index contributed by atoms with van der Waals surface area (Å²) in [6.45, 7) is 7.70. The van der Waals surface area contributed by atoms with E-state index >= 15 is 0 Å². The molecule has 0 saturated carbocycles. The van der Waals surface area contributed by atoms with Crippen LogP contribution < -0.4 is 10.1 Å². The number of hydrogen-bond acceptors (Lipinski definition) is 3. The first-order valence-electron chi connectivity index (χ1n) is 8.71. The fourth-order valence-corrected chi connectivity index (χ4v) is 3.43. The zero-order valence-electron chi connectivity index (χ0n) is 14.9. The third-order valence-corrected chi connectivity index (χ3v) is 4.68. The van der Waals surface area contributed by atoms with E-state index in [1.54, 1.807) is 12.1 Å². The van der Waals surface area contributed by atoms with Gasteiger partial charge in [-0.05, 0) is 42.7 Å². The molecule has 26 heavy (non-hydrogen) atoms. The number of nitrogens with zero attached hydrogens (tertiary/aromatic N) is 1. The van der Waals surface area contributed by atoms with E-state index in [4.69, 9.17) is 0 Å². The Hall–Kier alpha value is -2.05. The zero-order chi connectivity index (χ0) is 18.7. The van der Waals surface area contributed by atoms with Gasteiger partial charge in [-0.2, -0.15) is 0 Å². The average Bonchev–Trinajstić information content (AvgIpc) is 2.59. The lowest BCUT2D eigenvalue weighted by molar-refractivity contribution is -0.274. The highest BCUT2D eigenvalue weighted by Gasteiger charge is 2.31. The first kappa shape index (κ1) is 18.7. The molecule has 1 fully saturated rings. The molecule has 0 aromatic heterocycles. The summed E-state index contributed by atoms with van der Waals surface area (Å²) in [6, 6.07) is 12.6. The van der Waals surface area contributed by atoms with E-state index in [2.05, 4.69) is 47.0 Å². The molecule has 2 aromatic rings. The molecule has 1 aliphatic heterocycles. The van der Waals surface area contributed by atoms with Gasteiger partial charge in [0.15, 0.2) is 0 Å². The Balaban J connectivity index is 1.96. The Morgan fingerprint density at radius 3 is 2.27 bits per heavy atom. The molecule has 1 heterocycles. The lowest BCUT2D eigenvalue weighted by atomic mass is 9.92. The monoisotopic (exact) mass is 364 g/mol. The second-order valence-electron chi connectivity index (χ2n) is 6.67. The minimum atomic E-state index is -4.67. The minimum Gasteiger partial charge on any atom is -0.406 e. The van der Waals surface area contributed by atoms with E-state index in [-0.39, 0.29) is 11.8 Å². The summed E-state index contributed by atoms with van der Waals surface area (Å²) in [5, 5.41) is 3.35. The highest BCUT2D eigenvalue weighted by atomic mass is 19.4. The molecule has 0 spiro atoms. The van der Waals surface area contributed by atoms with Gasteiger partial charge >= 0.3 is 6.36 Å². The summed E-state index contributed by atoms with van der Waals surface area (Å²) >= 11 is 0. The third-order valence-electron chi connectivity index (χ3n) is 4.68. The Bertz CT molecular complexity index is 738. The van der Waals surface area contributed by atoms with Crippen molar-refractivity contribution in [2.45, 2.75) is 26.3 Å². The maximum atomic E-state index is 12.4. The van der Waals surface area contributed by atoms with Crippen molar-refractivity contribution in [1.29, 1.82) is 0 Å². The molecule has 1 N–H and O–H groups in total. The van der Waals surface area contributed by atoms with Crippen molar-refractivity contribution >= 4 is 0 Å². The van der Waals surface area contributed by atoms with Gasteiger partial charge in [-0.3, -0.25) is 4.90 Å². The predicted molar refractivity (Wildman–Crippen MR) is 95.3 cm³/mol. The summed E-state index contributed by atoms with van der Waals surface area (Å²) in [4.78, 5) is 2.37. The van der Waals surface area contributed by atoms with Gasteiger partial charge in [0.25, 0.3) is 0 Å². The quantitative estimate of drug-likeness (QED) is 0.880. The normalized spacial score (nSPS) is 17.1. The molecule has 0 unspecified atom stereocenters. The van der Waals surface area contributed by atoms with Crippen molar-refractivity contribution in [3.05, 3.63) is 64.7 Å². The molecular weight excluding hydrogens is 341 g/mol. The van der Waals surface area contributed by atoms with E-state index in [1.165, 1.54) is 28.8 Å². The van der Waals surface area contributed by atoms with Gasteiger partial charge in [0, 0.05) is 26.2 Å². The summed E-state index contributed by atoms with van der Waals surface area (Å²) in [6.07, 6.45) is -4.67. The summed E-state index contributed by atoms with van der Waals surface area (Å²) in [7, 11) is 0. The molecule has 3 rings (SSSR count). The van der Waals surface area contributed by atoms with Crippen LogP contribution >= 0.6 is 0 Å². The van der Waals surface area contributed by atoms with Crippen LogP contribution in [0, 0.1) is 13.8 Å². The molecule has 140 valence electrons. The molecule has 1 aliphatic rings. The number of alkyl halides is 3. The van der Waals surface area contributed by atoms with Crippen molar-refractivity contribution in [3.63, 3.8) is 0 Å². The van der Waals surface area contributed by atoms with E-state index in [0.717, 1.165) is 31.7 Å². The lowest BCUT2D eigenvalue weighted by Gasteiger charge is -2.36. The van der Waals surface area contributed by atoms with E-state index in [9.17, 15) is 13.2 Å². The predicted octanol–water partition coefficient (Wildman–Crippen LogP) is 4.20. The van der Waals surface area contributed by atoms with Gasteiger partial charge in [-0.15, -0.1) is 13.2 Å². The fraction of sp³-hybridized carbons (Fsp3) is 0.400. The van der Waals surface area contributed by atoms with Crippen LogP contribution in [-0.2, 0) is 0 Å². The summed E-state index contributed by atoms with van der Waals surface area (Å²) in [5.41, 5.74) is 4.50. The molecule has 0 amide bonds. The number of ether oxygens (including phenoxy) is 1. The van der Waals surface area contributed by atoms with Crippen molar-refractivity contribution in [2.24, 2.45) is 0 Å². The number of halogens is 3. The summed E-state index contributed by atoms with van der Waals surface area (Å²) < 4.78 is 41.3. The standard InChI is InChI=1S/C20H23F3N2O/c1-14-3-4-15(2)18(13-14)19(25-11-9-24-10-12-25)16-5-7-17(8-6-16)26-20(21,22)23/h3-8,13,19,24H,9-12H2,1-2H3/t19-/m0/s1. The number of hydrogen-bond donors (Lipinski definition) is 1. The van der Waals surface area contributed by atoms with Crippen molar-refractivity contribution in [2.75, 3.05) is 26.2 Å². The Kier molecular flexibility index (Phi) is 5.53. The number of aryl methyl sites for hydroxylation is 2. The average molecular weight is 364 g/mol. The Labute approximate surface area is 151 Å². The Morgan fingerprint density at radius 1 is 1.00 bits per heavy atom. The van der Waals surface area contributed by atoms with Gasteiger partial charge in [0.2, 0.25) is 0 Å². The van der Waals surface area contributed by atoms with Crippen LogP contribution in [0.2, 0.25) is 0 Å². The maximum absolute atomic E-state index is 12.4. The third kappa shape index (κ3) is 4.56. The SMILES string of the molecule is Cc1ccc(C)c([C@H](c2ccc(OC(F)(F)F)cc2)N2CCNCC2)c1. The molecular formula is C20H23F3N2O. The lowest BCUT2D eigenvalue weighted by Crippen LogP contribution is -2.45. The van der Waals surface area contributed by atoms with Crippen molar-refractivity contribution in [3.8, 4) is 5.75 Å². The van der Waals surface area contributed by atoms with Crippen LogP contribution in [0.4, 0.5) is 13.2 Å². The number of nitrogens with one attached hydrogen (secondary N) is 1. The number of piperazine rings is 1. The molecule has 0 bridgehead atoms. The second kappa shape index (κ2) is 7.68. The van der Waals surface area contributed by atoms with Crippen LogP contribution in [0.1, 0.15) is 28.3 Å². The highest BCUT2D eigenvalue weighted by molar-refractivity contribution is 5.41. The largest absolute Gasteiger partial charge is 0.573 e. The number of benzene rings is 2. The van der Waals surface area contributed by atoms with Crippen LogP contribution in [0.5, 0.6) is 5.75 Å². The maximum Gasteiger partial charge on any atom is 0.573 e. The van der Waals surface area contributed by atoms with Crippen LogP contribution in [0.25, 0.3) is 0 Å². The van der Waals surface area contributed by atoms with Crippen LogP contribution in [-0.4, -0.2) is 37.4 Å². The topological polar surface area (TPSA) is 24.5 Å². The molecule has 1 atom stereocenters. The fourth-order valence-electron chi connectivity index (χ4n) is 3.43. The minimum absolute atomic E-state index is 0.0111. The van der Waals surface area contributed by atoms with Crippen molar-refractivity contribution in [1.82, 2.24) is 10.2 Å². The van der Waals surface area contributed by atoms with E-state index in [1.807, 2.05) is 0 Å². The summed E-state index contributed by atoms with van der Waals surface area (Å²) in [5.74, 6) is -0.193. The Morgan fingerprint density at radius 2 is 1.65 bits per heavy atom. The van der Waals surface area contributed by atoms with Crippen LogP contribution in [0.3, 0.4) is 0 Å². The highest BCUT2D eigenvalue weighted by Crippen LogP contribution is 2.33. The molecule has 6 heteroatoms. The van der Waals surface area contributed by atoms with Gasteiger partial charge in [-0.25, -0.2) is 0 Å². The van der Waals surface area contributed by atoms with Crippen molar-refractivity contribution < 1.29 is 17.9 Å². The first-order valence-corrected chi connectivity index (χ1v) is 8.71. The first-order chi connectivity index (χ1) is 12.3. The second-order valence-corrected chi connectivity index (χ2v) is 6.67. The molecule has 1 saturated heterocycles. The van der Waals surface area contributed by atoms with Gasteiger partial charge < -0.3 is 10.1 Å². The molecule has 0 radical (unpaired) electrons. The van der Waals surface area contributed by atoms with Gasteiger partial charge in [0.05, 0.1) is 6.04 Å². The zero-order valence-corrected chi connectivity index (χ0v) is 14.9. The van der Waals surface area contributed by atoms with E-state index in [0.29, 0.717) is 0 Å². The van der Waals surface area contributed by atoms with Crippen LogP contribution in [0.15, 0.2) is 42.5 Å². The van der Waals surface area contributed by atoms with E-state index < -0.39 is 6.36 Å². The number of rotatable bonds is 4. The van der Waals surface area contributed by atoms with Gasteiger partial charge in [-0.1, -0.05) is 35.9 Å². The molecule has 2 aromatic carbocycles. The van der Waals surface area contributed by atoms with Gasteiger partial charge in [0.1, 0.15) is 5.75 Å². The molecule has 3 nitrogen and oxygen atoms in total. The smallest absolute Gasteiger partial charge is 0.406 e.